The predicted octanol–water partition coefficient (Wildman–Crippen LogP) is 1.54. The maximum absolute atomic E-state index is 12.3. The number of aromatic nitrogens is 5. The van der Waals surface area contributed by atoms with Crippen LogP contribution in [0.4, 0.5) is 0 Å². The third-order valence-electron chi connectivity index (χ3n) is 3.50. The van der Waals surface area contributed by atoms with Crippen molar-refractivity contribution in [3.8, 4) is 0 Å². The predicted molar refractivity (Wildman–Crippen MR) is 80.3 cm³/mol. The van der Waals surface area contributed by atoms with Crippen LogP contribution in [0.3, 0.4) is 0 Å². The van der Waals surface area contributed by atoms with Crippen molar-refractivity contribution < 1.29 is 4.79 Å². The molecule has 0 bridgehead atoms. The molecule has 0 aliphatic rings. The molecular weight excluding hydrogens is 280 g/mol. The van der Waals surface area contributed by atoms with Gasteiger partial charge in [0.2, 0.25) is 0 Å². The highest BCUT2D eigenvalue weighted by atomic mass is 16.1. The van der Waals surface area contributed by atoms with E-state index >= 15 is 0 Å². The quantitative estimate of drug-likeness (QED) is 0.599. The molecule has 0 radical (unpaired) electrons. The van der Waals surface area contributed by atoms with E-state index in [1.165, 1.54) is 0 Å². The van der Waals surface area contributed by atoms with Crippen LogP contribution in [0.1, 0.15) is 16.1 Å². The van der Waals surface area contributed by atoms with Crippen molar-refractivity contribution in [1.82, 2.24) is 30.1 Å². The summed E-state index contributed by atoms with van der Waals surface area (Å²) < 4.78 is 1.71. The molecule has 4 aromatic heterocycles. The van der Waals surface area contributed by atoms with Gasteiger partial charge >= 0.3 is 0 Å². The topological polar surface area (TPSA) is 88.0 Å². The van der Waals surface area contributed by atoms with E-state index in [9.17, 15) is 4.79 Å². The summed E-state index contributed by atoms with van der Waals surface area (Å²) in [6, 6.07) is 9.16. The Morgan fingerprint density at radius 2 is 2.23 bits per heavy atom. The Kier molecular flexibility index (Phi) is 2.82. The summed E-state index contributed by atoms with van der Waals surface area (Å²) in [6.45, 7) is 0.367. The van der Waals surface area contributed by atoms with Gasteiger partial charge < -0.3 is 5.32 Å². The average molecular weight is 292 g/mol. The van der Waals surface area contributed by atoms with Gasteiger partial charge in [-0.2, -0.15) is 10.2 Å². The smallest absolute Gasteiger partial charge is 0.251 e. The number of rotatable bonds is 3. The molecule has 0 saturated heterocycles. The molecule has 7 nitrogen and oxygen atoms in total. The second-order valence-electron chi connectivity index (χ2n) is 4.88. The van der Waals surface area contributed by atoms with E-state index in [1.807, 2.05) is 18.2 Å². The summed E-state index contributed by atoms with van der Waals surface area (Å²) in [5.74, 6) is -0.143. The van der Waals surface area contributed by atoms with Crippen LogP contribution in [0, 0.1) is 0 Å². The Labute approximate surface area is 125 Å². The molecule has 0 saturated carbocycles. The lowest BCUT2D eigenvalue weighted by Crippen LogP contribution is -2.23. The fourth-order valence-electron chi connectivity index (χ4n) is 2.37. The Morgan fingerprint density at radius 3 is 3.18 bits per heavy atom. The molecule has 0 atom stereocenters. The number of amides is 1. The van der Waals surface area contributed by atoms with Crippen LogP contribution >= 0.6 is 0 Å². The summed E-state index contributed by atoms with van der Waals surface area (Å²) in [5, 5.41) is 14.9. The number of nitrogens with one attached hydrogen (secondary N) is 2. The second-order valence-corrected chi connectivity index (χ2v) is 4.88. The Balaban J connectivity index is 1.54. The molecule has 0 fully saturated rings. The van der Waals surface area contributed by atoms with E-state index in [1.54, 1.807) is 35.2 Å². The summed E-state index contributed by atoms with van der Waals surface area (Å²) in [5.41, 5.74) is 2.95. The minimum Gasteiger partial charge on any atom is -0.346 e. The molecule has 7 heteroatoms. The highest BCUT2D eigenvalue weighted by Gasteiger charge is 2.09. The molecule has 0 spiro atoms. The summed E-state index contributed by atoms with van der Waals surface area (Å²) >= 11 is 0. The highest BCUT2D eigenvalue weighted by molar-refractivity contribution is 5.95. The van der Waals surface area contributed by atoms with Gasteiger partial charge in [-0.15, -0.1) is 0 Å². The fourth-order valence-corrected chi connectivity index (χ4v) is 2.37. The second kappa shape index (κ2) is 4.96. The van der Waals surface area contributed by atoms with Crippen LogP contribution < -0.4 is 5.32 Å². The molecule has 22 heavy (non-hydrogen) atoms. The van der Waals surface area contributed by atoms with Gasteiger partial charge in [-0.3, -0.25) is 9.89 Å². The van der Waals surface area contributed by atoms with Gasteiger partial charge in [0.05, 0.1) is 17.8 Å². The number of hydrogen-bond donors (Lipinski definition) is 2. The molecule has 4 aromatic rings. The van der Waals surface area contributed by atoms with Crippen molar-refractivity contribution in [1.29, 1.82) is 0 Å². The van der Waals surface area contributed by atoms with Crippen LogP contribution in [-0.4, -0.2) is 30.7 Å². The van der Waals surface area contributed by atoms with E-state index in [0.717, 1.165) is 16.6 Å². The molecule has 0 aliphatic carbocycles. The number of fused-ring (bicyclic) bond motifs is 2. The lowest BCUT2D eigenvalue weighted by atomic mass is 10.2. The van der Waals surface area contributed by atoms with Crippen LogP contribution in [0.5, 0.6) is 0 Å². The first kappa shape index (κ1) is 12.5. The van der Waals surface area contributed by atoms with Crippen molar-refractivity contribution >= 4 is 22.5 Å². The largest absolute Gasteiger partial charge is 0.346 e. The van der Waals surface area contributed by atoms with Gasteiger partial charge in [-0.25, -0.2) is 9.50 Å². The zero-order valence-corrected chi connectivity index (χ0v) is 11.5. The van der Waals surface area contributed by atoms with Gasteiger partial charge in [0.25, 0.3) is 5.91 Å². The van der Waals surface area contributed by atoms with Crippen LogP contribution in [-0.2, 0) is 6.54 Å². The number of H-pyrrole nitrogens is 1. The van der Waals surface area contributed by atoms with Crippen molar-refractivity contribution in [2.24, 2.45) is 0 Å². The highest BCUT2D eigenvalue weighted by Crippen LogP contribution is 2.13. The zero-order valence-electron chi connectivity index (χ0n) is 11.5. The summed E-state index contributed by atoms with van der Waals surface area (Å²) in [7, 11) is 0. The first-order chi connectivity index (χ1) is 10.8. The monoisotopic (exact) mass is 292 g/mol. The third kappa shape index (κ3) is 2.08. The van der Waals surface area contributed by atoms with E-state index in [4.69, 9.17) is 0 Å². The normalized spacial score (nSPS) is 11.1. The van der Waals surface area contributed by atoms with Crippen molar-refractivity contribution in [3.05, 3.63) is 60.2 Å². The maximum atomic E-state index is 12.3. The van der Waals surface area contributed by atoms with Gasteiger partial charge in [0, 0.05) is 29.5 Å². The molecule has 0 unspecified atom stereocenters. The van der Waals surface area contributed by atoms with E-state index in [2.05, 4.69) is 25.6 Å². The van der Waals surface area contributed by atoms with Crippen molar-refractivity contribution in [2.45, 2.75) is 6.54 Å². The molecule has 0 aliphatic heterocycles. The lowest BCUT2D eigenvalue weighted by molar-refractivity contribution is 0.0950. The molecular formula is C15H12N6O. The summed E-state index contributed by atoms with van der Waals surface area (Å²) in [4.78, 5) is 16.4. The number of carbonyl (C=O) groups is 1. The molecule has 0 aromatic carbocycles. The minimum atomic E-state index is -0.143. The Morgan fingerprint density at radius 1 is 1.27 bits per heavy atom. The Hall–Kier alpha value is -3.22. The van der Waals surface area contributed by atoms with Gasteiger partial charge in [-0.1, -0.05) is 0 Å². The van der Waals surface area contributed by atoms with E-state index in [0.29, 0.717) is 17.8 Å². The zero-order chi connectivity index (χ0) is 14.9. The summed E-state index contributed by atoms with van der Waals surface area (Å²) in [6.07, 6.45) is 5.15. The first-order valence-electron chi connectivity index (χ1n) is 6.81. The number of carbonyl (C=O) groups excluding carboxylic acids is 1. The molecule has 108 valence electrons. The SMILES string of the molecule is O=C(NCc1[nH]nc2ncccc12)c1ccn2nccc2c1. The lowest BCUT2D eigenvalue weighted by Gasteiger charge is -2.04. The number of nitrogens with zero attached hydrogens (tertiary/aromatic N) is 4. The Bertz CT molecular complexity index is 970. The molecule has 2 N–H and O–H groups in total. The molecule has 1 amide bonds. The first-order valence-corrected chi connectivity index (χ1v) is 6.81. The number of hydrogen-bond acceptors (Lipinski definition) is 4. The fraction of sp³-hybridized carbons (Fsp3) is 0.0667. The molecule has 4 rings (SSSR count). The van der Waals surface area contributed by atoms with Crippen molar-refractivity contribution in [3.63, 3.8) is 0 Å². The van der Waals surface area contributed by atoms with Gasteiger partial charge in [0.1, 0.15) is 0 Å². The van der Waals surface area contributed by atoms with Crippen molar-refractivity contribution in [2.75, 3.05) is 0 Å². The van der Waals surface area contributed by atoms with E-state index in [-0.39, 0.29) is 5.91 Å². The third-order valence-corrected chi connectivity index (χ3v) is 3.50. The van der Waals surface area contributed by atoms with Gasteiger partial charge in [0.15, 0.2) is 5.65 Å². The van der Waals surface area contributed by atoms with Crippen LogP contribution in [0.25, 0.3) is 16.6 Å². The number of pyridine rings is 2. The molecule has 4 heterocycles. The van der Waals surface area contributed by atoms with E-state index < -0.39 is 0 Å². The average Bonchev–Trinajstić information content (AvgIpc) is 3.18. The minimum absolute atomic E-state index is 0.143. The van der Waals surface area contributed by atoms with Gasteiger partial charge in [-0.05, 0) is 30.3 Å². The maximum Gasteiger partial charge on any atom is 0.251 e. The van der Waals surface area contributed by atoms with Crippen LogP contribution in [0.2, 0.25) is 0 Å². The standard InChI is InChI=1S/C15H12N6O/c22-15(10-4-7-21-11(8-10)3-6-18-21)17-9-13-12-2-1-5-16-14(12)20-19-13/h1-8H,9H2,(H,17,22)(H,16,19,20). The number of aromatic amines is 1. The van der Waals surface area contributed by atoms with Crippen LogP contribution in [0.15, 0.2) is 48.9 Å².